The number of aromatic nitrogens is 3. The summed E-state index contributed by atoms with van der Waals surface area (Å²) in [5, 5.41) is 6.02. The fourth-order valence-electron chi connectivity index (χ4n) is 1.51. The van der Waals surface area contributed by atoms with E-state index in [1.54, 1.807) is 6.92 Å². The summed E-state index contributed by atoms with van der Waals surface area (Å²) in [4.78, 5) is 16.3. The van der Waals surface area contributed by atoms with E-state index >= 15 is 0 Å². The van der Waals surface area contributed by atoms with E-state index in [-0.39, 0.29) is 11.9 Å². The van der Waals surface area contributed by atoms with E-state index in [0.717, 1.165) is 4.90 Å². The zero-order chi connectivity index (χ0) is 12.6. The molecule has 0 radical (unpaired) electrons. The number of alkyl halides is 3. The average Bonchev–Trinajstić information content (AvgIpc) is 2.96. The van der Waals surface area contributed by atoms with Crippen LogP contribution < -0.4 is 0 Å². The summed E-state index contributed by atoms with van der Waals surface area (Å²) in [6.07, 6.45) is -3.19. The van der Waals surface area contributed by atoms with Crippen molar-refractivity contribution in [3.05, 3.63) is 11.6 Å². The number of hydrogen-bond donors (Lipinski definition) is 1. The molecular formula is C9H11F3N4O. The first-order valence-corrected chi connectivity index (χ1v) is 5.13. The lowest BCUT2D eigenvalue weighted by Gasteiger charge is -2.22. The van der Waals surface area contributed by atoms with Gasteiger partial charge in [-0.05, 0) is 19.8 Å². The number of hydrogen-bond acceptors (Lipinski definition) is 3. The summed E-state index contributed by atoms with van der Waals surface area (Å²) in [7, 11) is 0. The van der Waals surface area contributed by atoms with Gasteiger partial charge in [0.25, 0.3) is 5.91 Å². The summed E-state index contributed by atoms with van der Waals surface area (Å²) in [5.74, 6) is -0.580. The average molecular weight is 248 g/mol. The molecule has 1 aromatic rings. The SMILES string of the molecule is Cc1nc(C(=O)N(CC(F)(F)F)C2CC2)n[nH]1. The third kappa shape index (κ3) is 2.95. The predicted molar refractivity (Wildman–Crippen MR) is 51.2 cm³/mol. The van der Waals surface area contributed by atoms with Crippen LogP contribution in [0.25, 0.3) is 0 Å². The summed E-state index contributed by atoms with van der Waals surface area (Å²) in [5.41, 5.74) is 0. The molecule has 8 heteroatoms. The Bertz CT molecular complexity index is 424. The lowest BCUT2D eigenvalue weighted by atomic mass is 10.4. The molecule has 5 nitrogen and oxygen atoms in total. The Hall–Kier alpha value is -1.60. The van der Waals surface area contributed by atoms with E-state index in [2.05, 4.69) is 15.2 Å². The number of aromatic amines is 1. The fourth-order valence-corrected chi connectivity index (χ4v) is 1.51. The largest absolute Gasteiger partial charge is 0.406 e. The third-order valence-corrected chi connectivity index (χ3v) is 2.39. The quantitative estimate of drug-likeness (QED) is 0.876. The predicted octanol–water partition coefficient (Wildman–Crippen LogP) is 1.28. The molecule has 0 spiro atoms. The molecule has 1 heterocycles. The van der Waals surface area contributed by atoms with E-state index in [9.17, 15) is 18.0 Å². The highest BCUT2D eigenvalue weighted by molar-refractivity contribution is 5.90. The molecule has 1 saturated carbocycles. The van der Waals surface area contributed by atoms with Gasteiger partial charge in [0.15, 0.2) is 0 Å². The first kappa shape index (κ1) is 11.9. The van der Waals surface area contributed by atoms with Crippen LogP contribution in [-0.4, -0.2) is 44.8 Å². The zero-order valence-corrected chi connectivity index (χ0v) is 9.08. The molecule has 0 bridgehead atoms. The topological polar surface area (TPSA) is 61.9 Å². The molecule has 1 aromatic heterocycles. The van der Waals surface area contributed by atoms with Crippen LogP contribution in [0.15, 0.2) is 0 Å². The number of halogens is 3. The Morgan fingerprint density at radius 1 is 1.53 bits per heavy atom. The van der Waals surface area contributed by atoms with Gasteiger partial charge < -0.3 is 4.90 Å². The van der Waals surface area contributed by atoms with Gasteiger partial charge in [-0.15, -0.1) is 5.10 Å². The van der Waals surface area contributed by atoms with Gasteiger partial charge in [-0.2, -0.15) is 13.2 Å². The molecule has 2 rings (SSSR count). The van der Waals surface area contributed by atoms with Gasteiger partial charge in [-0.1, -0.05) is 0 Å². The molecule has 1 amide bonds. The zero-order valence-electron chi connectivity index (χ0n) is 9.08. The fraction of sp³-hybridized carbons (Fsp3) is 0.667. The Balaban J connectivity index is 2.13. The van der Waals surface area contributed by atoms with Crippen LogP contribution in [0.4, 0.5) is 13.2 Å². The van der Waals surface area contributed by atoms with Crippen molar-refractivity contribution in [3.8, 4) is 0 Å². The lowest BCUT2D eigenvalue weighted by molar-refractivity contribution is -0.141. The van der Waals surface area contributed by atoms with Crippen molar-refractivity contribution < 1.29 is 18.0 Å². The number of aryl methyl sites for hydroxylation is 1. The van der Waals surface area contributed by atoms with Gasteiger partial charge in [0, 0.05) is 6.04 Å². The number of carbonyl (C=O) groups excluding carboxylic acids is 1. The van der Waals surface area contributed by atoms with E-state index in [1.165, 1.54) is 0 Å². The van der Waals surface area contributed by atoms with Crippen LogP contribution in [0.2, 0.25) is 0 Å². The van der Waals surface area contributed by atoms with Crippen molar-refractivity contribution in [1.82, 2.24) is 20.1 Å². The minimum Gasteiger partial charge on any atom is -0.324 e. The maximum atomic E-state index is 12.3. The second kappa shape index (κ2) is 4.01. The third-order valence-electron chi connectivity index (χ3n) is 2.39. The molecule has 1 N–H and O–H groups in total. The Labute approximate surface area is 95.0 Å². The second-order valence-electron chi connectivity index (χ2n) is 4.02. The highest BCUT2D eigenvalue weighted by Gasteiger charge is 2.41. The van der Waals surface area contributed by atoms with Gasteiger partial charge in [-0.3, -0.25) is 9.89 Å². The second-order valence-corrected chi connectivity index (χ2v) is 4.02. The van der Waals surface area contributed by atoms with Crippen LogP contribution >= 0.6 is 0 Å². The minimum absolute atomic E-state index is 0.210. The monoisotopic (exact) mass is 248 g/mol. The van der Waals surface area contributed by atoms with E-state index in [1.807, 2.05) is 0 Å². The van der Waals surface area contributed by atoms with Crippen LogP contribution in [0.3, 0.4) is 0 Å². The Kier molecular flexibility index (Phi) is 2.80. The number of nitrogens with one attached hydrogen (secondary N) is 1. The normalized spacial score (nSPS) is 16.0. The maximum absolute atomic E-state index is 12.3. The molecule has 0 atom stereocenters. The maximum Gasteiger partial charge on any atom is 0.406 e. The van der Waals surface area contributed by atoms with Crippen LogP contribution in [-0.2, 0) is 0 Å². The number of carbonyl (C=O) groups is 1. The Morgan fingerprint density at radius 3 is 2.59 bits per heavy atom. The lowest BCUT2D eigenvalue weighted by Crippen LogP contribution is -2.41. The molecule has 1 aliphatic rings. The van der Waals surface area contributed by atoms with Crippen LogP contribution in [0, 0.1) is 6.92 Å². The van der Waals surface area contributed by atoms with E-state index < -0.39 is 18.6 Å². The number of rotatable bonds is 3. The van der Waals surface area contributed by atoms with Crippen molar-refractivity contribution in [2.75, 3.05) is 6.54 Å². The van der Waals surface area contributed by atoms with Gasteiger partial charge in [0.2, 0.25) is 5.82 Å². The first-order valence-electron chi connectivity index (χ1n) is 5.13. The van der Waals surface area contributed by atoms with Crippen molar-refractivity contribution in [2.24, 2.45) is 0 Å². The van der Waals surface area contributed by atoms with Crippen molar-refractivity contribution in [2.45, 2.75) is 32.0 Å². The highest BCUT2D eigenvalue weighted by Crippen LogP contribution is 2.30. The van der Waals surface area contributed by atoms with Gasteiger partial charge >= 0.3 is 6.18 Å². The van der Waals surface area contributed by atoms with E-state index in [4.69, 9.17) is 0 Å². The van der Waals surface area contributed by atoms with Crippen LogP contribution in [0.5, 0.6) is 0 Å². The molecule has 17 heavy (non-hydrogen) atoms. The molecule has 0 aliphatic heterocycles. The summed E-state index contributed by atoms with van der Waals surface area (Å²) < 4.78 is 37.0. The number of nitrogens with zero attached hydrogens (tertiary/aromatic N) is 3. The summed E-state index contributed by atoms with van der Waals surface area (Å²) >= 11 is 0. The van der Waals surface area contributed by atoms with Crippen molar-refractivity contribution in [1.29, 1.82) is 0 Å². The molecule has 1 aliphatic carbocycles. The molecule has 0 saturated heterocycles. The molecular weight excluding hydrogens is 237 g/mol. The smallest absolute Gasteiger partial charge is 0.324 e. The van der Waals surface area contributed by atoms with Gasteiger partial charge in [0.05, 0.1) is 0 Å². The summed E-state index contributed by atoms with van der Waals surface area (Å²) in [6.45, 7) is 0.332. The minimum atomic E-state index is -4.40. The molecule has 1 fully saturated rings. The molecule has 94 valence electrons. The van der Waals surface area contributed by atoms with Gasteiger partial charge in [-0.25, -0.2) is 4.98 Å². The Morgan fingerprint density at radius 2 is 2.18 bits per heavy atom. The standard InChI is InChI=1S/C9H11F3N4O/c1-5-13-7(15-14-5)8(17)16(6-2-3-6)4-9(10,11)12/h6H,2-4H2,1H3,(H,13,14,15). The van der Waals surface area contributed by atoms with Crippen LogP contribution in [0.1, 0.15) is 29.3 Å². The number of amides is 1. The van der Waals surface area contributed by atoms with Gasteiger partial charge in [0.1, 0.15) is 12.4 Å². The summed E-state index contributed by atoms with van der Waals surface area (Å²) in [6, 6.07) is -0.331. The first-order chi connectivity index (χ1) is 7.87. The van der Waals surface area contributed by atoms with Crippen molar-refractivity contribution in [3.63, 3.8) is 0 Å². The highest BCUT2D eigenvalue weighted by atomic mass is 19.4. The molecule has 0 unspecified atom stereocenters. The van der Waals surface area contributed by atoms with E-state index in [0.29, 0.717) is 18.7 Å². The van der Waals surface area contributed by atoms with Crippen molar-refractivity contribution >= 4 is 5.91 Å². The molecule has 0 aromatic carbocycles. The number of H-pyrrole nitrogens is 1.